The Bertz CT molecular complexity index is 459. The number of anilines is 1. The van der Waals surface area contributed by atoms with Gasteiger partial charge in [0.1, 0.15) is 12.4 Å². The quantitative estimate of drug-likeness (QED) is 0.777. The molecule has 1 aliphatic rings. The highest BCUT2D eigenvalue weighted by Crippen LogP contribution is 2.21. The molecular weight excluding hydrogens is 211 g/mol. The van der Waals surface area contributed by atoms with Gasteiger partial charge in [-0.25, -0.2) is 4.39 Å². The second-order valence-electron chi connectivity index (χ2n) is 3.56. The first-order valence-corrected chi connectivity index (χ1v) is 5.00. The summed E-state index contributed by atoms with van der Waals surface area (Å²) in [6, 6.07) is 3.76. The highest BCUT2D eigenvalue weighted by atomic mass is 19.1. The maximum absolute atomic E-state index is 13.0. The third kappa shape index (κ3) is 1.76. The molecule has 4 nitrogen and oxygen atoms in total. The van der Waals surface area contributed by atoms with Crippen LogP contribution in [-0.2, 0) is 4.79 Å². The Kier molecular flexibility index (Phi) is 2.60. The van der Waals surface area contributed by atoms with E-state index in [1.54, 1.807) is 6.92 Å². The van der Waals surface area contributed by atoms with E-state index in [1.165, 1.54) is 17.0 Å². The van der Waals surface area contributed by atoms with Crippen LogP contribution in [0.15, 0.2) is 18.2 Å². The molecule has 1 aromatic rings. The number of fused-ring (bicyclic) bond motifs is 1. The van der Waals surface area contributed by atoms with E-state index in [-0.39, 0.29) is 23.9 Å². The smallest absolute Gasteiger partial charge is 0.256 e. The Morgan fingerprint density at radius 2 is 2.19 bits per heavy atom. The van der Waals surface area contributed by atoms with Gasteiger partial charge in [-0.3, -0.25) is 9.59 Å². The van der Waals surface area contributed by atoms with Crippen LogP contribution in [0.4, 0.5) is 10.1 Å². The number of hydrogen-bond acceptors (Lipinski definition) is 2. The summed E-state index contributed by atoms with van der Waals surface area (Å²) < 4.78 is 13.0. The van der Waals surface area contributed by atoms with E-state index in [0.29, 0.717) is 12.2 Å². The summed E-state index contributed by atoms with van der Waals surface area (Å²) in [6.07, 6.45) is 0. The van der Waals surface area contributed by atoms with Crippen molar-refractivity contribution in [2.45, 2.75) is 6.92 Å². The van der Waals surface area contributed by atoms with E-state index in [4.69, 9.17) is 0 Å². The number of rotatable bonds is 1. The normalized spacial score (nSPS) is 15.5. The van der Waals surface area contributed by atoms with Crippen LogP contribution >= 0.6 is 0 Å². The van der Waals surface area contributed by atoms with Gasteiger partial charge >= 0.3 is 0 Å². The number of benzene rings is 1. The third-order valence-electron chi connectivity index (χ3n) is 2.49. The van der Waals surface area contributed by atoms with Gasteiger partial charge in [0.15, 0.2) is 0 Å². The average molecular weight is 222 g/mol. The van der Waals surface area contributed by atoms with Crippen molar-refractivity contribution in [1.82, 2.24) is 4.90 Å². The summed E-state index contributed by atoms with van der Waals surface area (Å²) in [6.45, 7) is 2.20. The lowest BCUT2D eigenvalue weighted by Crippen LogP contribution is -2.34. The fourth-order valence-electron chi connectivity index (χ4n) is 1.66. The van der Waals surface area contributed by atoms with Gasteiger partial charge in [0, 0.05) is 6.54 Å². The number of amides is 2. The SMILES string of the molecule is CCN1CC(=O)Nc2ccc(F)cc2C1=O. The van der Waals surface area contributed by atoms with Crippen LogP contribution in [-0.4, -0.2) is 29.8 Å². The predicted octanol–water partition coefficient (Wildman–Crippen LogP) is 1.24. The number of hydrogen-bond donors (Lipinski definition) is 1. The predicted molar refractivity (Wildman–Crippen MR) is 56.6 cm³/mol. The molecule has 16 heavy (non-hydrogen) atoms. The first-order valence-electron chi connectivity index (χ1n) is 5.00. The third-order valence-corrected chi connectivity index (χ3v) is 2.49. The Balaban J connectivity index is 2.51. The van der Waals surface area contributed by atoms with Crippen molar-refractivity contribution in [3.63, 3.8) is 0 Å². The highest BCUT2D eigenvalue weighted by molar-refractivity contribution is 6.08. The zero-order valence-electron chi connectivity index (χ0n) is 8.79. The Morgan fingerprint density at radius 3 is 2.88 bits per heavy atom. The van der Waals surface area contributed by atoms with Gasteiger partial charge in [-0.2, -0.15) is 0 Å². The molecule has 1 aliphatic heterocycles. The van der Waals surface area contributed by atoms with Gasteiger partial charge in [0.05, 0.1) is 11.3 Å². The number of carbonyl (C=O) groups is 2. The van der Waals surface area contributed by atoms with Crippen LogP contribution in [0.25, 0.3) is 0 Å². The lowest BCUT2D eigenvalue weighted by atomic mass is 10.1. The fourth-order valence-corrected chi connectivity index (χ4v) is 1.66. The molecule has 0 aliphatic carbocycles. The zero-order chi connectivity index (χ0) is 11.7. The Labute approximate surface area is 92.0 Å². The minimum absolute atomic E-state index is 0.00559. The van der Waals surface area contributed by atoms with Crippen molar-refractivity contribution in [1.29, 1.82) is 0 Å². The van der Waals surface area contributed by atoms with Crippen LogP contribution < -0.4 is 5.32 Å². The maximum atomic E-state index is 13.0. The van der Waals surface area contributed by atoms with Crippen LogP contribution in [0.1, 0.15) is 17.3 Å². The number of nitrogens with one attached hydrogen (secondary N) is 1. The molecule has 0 radical (unpaired) electrons. The second kappa shape index (κ2) is 3.92. The molecule has 0 spiro atoms. The van der Waals surface area contributed by atoms with Gasteiger partial charge < -0.3 is 10.2 Å². The molecule has 0 aromatic heterocycles. The first-order chi connectivity index (χ1) is 7.61. The van der Waals surface area contributed by atoms with Gasteiger partial charge in [0.25, 0.3) is 5.91 Å². The molecule has 2 amide bonds. The van der Waals surface area contributed by atoms with E-state index < -0.39 is 5.82 Å². The summed E-state index contributed by atoms with van der Waals surface area (Å²) in [4.78, 5) is 24.8. The van der Waals surface area contributed by atoms with Crippen molar-refractivity contribution in [3.05, 3.63) is 29.6 Å². The molecule has 0 bridgehead atoms. The van der Waals surface area contributed by atoms with Crippen LogP contribution in [0.2, 0.25) is 0 Å². The summed E-state index contributed by atoms with van der Waals surface area (Å²) in [7, 11) is 0. The van der Waals surface area contributed by atoms with Crippen LogP contribution in [0.3, 0.4) is 0 Å². The van der Waals surface area contributed by atoms with E-state index in [0.717, 1.165) is 6.07 Å². The van der Waals surface area contributed by atoms with E-state index in [2.05, 4.69) is 5.32 Å². The molecule has 2 rings (SSSR count). The minimum atomic E-state index is -0.487. The molecule has 84 valence electrons. The van der Waals surface area contributed by atoms with Crippen molar-refractivity contribution < 1.29 is 14.0 Å². The van der Waals surface area contributed by atoms with Crippen molar-refractivity contribution >= 4 is 17.5 Å². The first kappa shape index (κ1) is 10.6. The molecule has 0 unspecified atom stereocenters. The molecule has 0 saturated heterocycles. The molecule has 1 aromatic carbocycles. The van der Waals surface area contributed by atoms with Gasteiger partial charge in [-0.1, -0.05) is 0 Å². The average Bonchev–Trinajstić information content (AvgIpc) is 2.37. The molecule has 1 heterocycles. The highest BCUT2D eigenvalue weighted by Gasteiger charge is 2.25. The minimum Gasteiger partial charge on any atom is -0.330 e. The van der Waals surface area contributed by atoms with Crippen LogP contribution in [0.5, 0.6) is 0 Å². The largest absolute Gasteiger partial charge is 0.330 e. The van der Waals surface area contributed by atoms with Gasteiger partial charge in [0.2, 0.25) is 5.91 Å². The summed E-state index contributed by atoms with van der Waals surface area (Å²) in [5.74, 6) is -1.07. The Hall–Kier alpha value is -1.91. The van der Waals surface area contributed by atoms with E-state index in [1.807, 2.05) is 0 Å². The van der Waals surface area contributed by atoms with E-state index in [9.17, 15) is 14.0 Å². The van der Waals surface area contributed by atoms with Crippen molar-refractivity contribution in [2.75, 3.05) is 18.4 Å². The monoisotopic (exact) mass is 222 g/mol. The van der Waals surface area contributed by atoms with Gasteiger partial charge in [-0.15, -0.1) is 0 Å². The van der Waals surface area contributed by atoms with Crippen LogP contribution in [0, 0.1) is 5.82 Å². The van der Waals surface area contributed by atoms with Gasteiger partial charge in [-0.05, 0) is 25.1 Å². The van der Waals surface area contributed by atoms with Crippen molar-refractivity contribution in [3.8, 4) is 0 Å². The molecule has 5 heteroatoms. The lowest BCUT2D eigenvalue weighted by molar-refractivity contribution is -0.116. The number of nitrogens with zero attached hydrogens (tertiary/aromatic N) is 1. The van der Waals surface area contributed by atoms with E-state index >= 15 is 0 Å². The number of carbonyl (C=O) groups excluding carboxylic acids is 2. The molecule has 0 atom stereocenters. The van der Waals surface area contributed by atoms with Crippen molar-refractivity contribution in [2.24, 2.45) is 0 Å². The summed E-state index contributed by atoms with van der Waals surface area (Å²) >= 11 is 0. The number of halogens is 1. The molecule has 0 fully saturated rings. The Morgan fingerprint density at radius 1 is 1.44 bits per heavy atom. The fraction of sp³-hybridized carbons (Fsp3) is 0.273. The zero-order valence-corrected chi connectivity index (χ0v) is 8.79. The number of likely N-dealkylation sites (N-methyl/N-ethyl adjacent to an activating group) is 1. The standard InChI is InChI=1S/C11H11FN2O2/c1-2-14-6-10(15)13-9-4-3-7(12)5-8(9)11(14)16/h3-5H,2,6H2,1H3,(H,13,15). The summed E-state index contributed by atoms with van der Waals surface area (Å²) in [5, 5.41) is 2.58. The molecular formula is C11H11FN2O2. The molecule has 1 N–H and O–H groups in total. The lowest BCUT2D eigenvalue weighted by Gasteiger charge is -2.16. The topological polar surface area (TPSA) is 49.4 Å². The molecule has 0 saturated carbocycles. The summed E-state index contributed by atoms with van der Waals surface area (Å²) in [5.41, 5.74) is 0.569. The second-order valence-corrected chi connectivity index (χ2v) is 3.56. The maximum Gasteiger partial charge on any atom is 0.256 e.